The van der Waals surface area contributed by atoms with Gasteiger partial charge in [0.1, 0.15) is 26.9 Å². The average Bonchev–Trinajstić information content (AvgIpc) is 2.63. The zero-order valence-corrected chi connectivity index (χ0v) is 19.0. The van der Waals surface area contributed by atoms with Crippen LogP contribution >= 0.6 is 15.9 Å². The summed E-state index contributed by atoms with van der Waals surface area (Å²) in [5, 5.41) is 1.85. The first-order valence-corrected chi connectivity index (χ1v) is 11.3. The Labute approximate surface area is 180 Å². The van der Waals surface area contributed by atoms with E-state index in [0.717, 1.165) is 5.56 Å². The molecule has 4 atom stereocenters. The molecule has 29 heavy (non-hydrogen) atoms. The summed E-state index contributed by atoms with van der Waals surface area (Å²) >= 11 is 3.36. The molecule has 3 unspecified atom stereocenters. The van der Waals surface area contributed by atoms with Gasteiger partial charge < -0.3 is 10.1 Å². The maximum atomic E-state index is 12.9. The monoisotopic (exact) mass is 482 g/mol. The van der Waals surface area contributed by atoms with Crippen LogP contribution in [0.2, 0.25) is 0 Å². The first-order chi connectivity index (χ1) is 13.5. The largest absolute Gasteiger partial charge is 0.455 e. The van der Waals surface area contributed by atoms with Gasteiger partial charge in [-0.1, -0.05) is 46.3 Å². The van der Waals surface area contributed by atoms with Crippen LogP contribution in [0.15, 0.2) is 41.6 Å². The molecular formula is C20H23BrN2O5S. The Bertz CT molecular complexity index is 909. The molecular weight excluding hydrogens is 460 g/mol. The van der Waals surface area contributed by atoms with Crippen molar-refractivity contribution in [3.8, 4) is 0 Å². The second-order valence-corrected chi connectivity index (χ2v) is 11.1. The number of benzene rings is 1. The molecule has 2 aliphatic rings. The molecule has 1 fully saturated rings. The topological polar surface area (TPSA) is 92.8 Å². The third-order valence-electron chi connectivity index (χ3n) is 4.56. The lowest BCUT2D eigenvalue weighted by Crippen LogP contribution is -2.74. The van der Waals surface area contributed by atoms with Crippen LogP contribution < -0.4 is 5.32 Å². The highest BCUT2D eigenvalue weighted by Crippen LogP contribution is 2.40. The minimum absolute atomic E-state index is 0.0879. The number of nitrogens with zero attached hydrogens (tertiary/aromatic N) is 1. The Hall–Kier alpha value is -2.00. The van der Waals surface area contributed by atoms with E-state index in [1.807, 2.05) is 30.3 Å². The van der Waals surface area contributed by atoms with Gasteiger partial charge >= 0.3 is 5.97 Å². The van der Waals surface area contributed by atoms with Crippen molar-refractivity contribution < 1.29 is 23.3 Å². The van der Waals surface area contributed by atoms with E-state index in [1.54, 1.807) is 27.7 Å². The minimum atomic E-state index is -1.54. The smallest absolute Gasteiger partial charge is 0.355 e. The molecule has 0 aliphatic carbocycles. The molecule has 2 heterocycles. The van der Waals surface area contributed by atoms with Crippen molar-refractivity contribution in [2.75, 3.05) is 0 Å². The summed E-state index contributed by atoms with van der Waals surface area (Å²) in [6.07, 6.45) is 0.107. The molecule has 2 aliphatic heterocycles. The highest BCUT2D eigenvalue weighted by molar-refractivity contribution is 9.11. The van der Waals surface area contributed by atoms with E-state index in [9.17, 15) is 18.6 Å². The van der Waals surface area contributed by atoms with Gasteiger partial charge in [-0.05, 0) is 38.8 Å². The van der Waals surface area contributed by atoms with Crippen molar-refractivity contribution in [1.29, 1.82) is 0 Å². The fraction of sp³-hybridized carbons (Fsp3) is 0.450. The minimum Gasteiger partial charge on any atom is -0.455 e. The third-order valence-corrected chi connectivity index (χ3v) is 8.07. The van der Waals surface area contributed by atoms with Crippen molar-refractivity contribution in [3.05, 3.63) is 47.2 Å². The van der Waals surface area contributed by atoms with Gasteiger partial charge in [-0.3, -0.25) is 18.7 Å². The second-order valence-electron chi connectivity index (χ2n) is 7.98. The SMILES string of the molecule is CC1=C(C(=O)OC(C)(C)C)N2C(=O)C(NC(=O)Cc3ccccc3)[C@@H]2S(=O)C1Br. The number of alkyl halides is 1. The fourth-order valence-corrected chi connectivity index (χ4v) is 5.71. The molecule has 0 spiro atoms. The Morgan fingerprint density at radius 3 is 2.45 bits per heavy atom. The second kappa shape index (κ2) is 8.02. The zero-order chi connectivity index (χ0) is 21.5. The van der Waals surface area contributed by atoms with Crippen molar-refractivity contribution in [2.24, 2.45) is 0 Å². The Balaban J connectivity index is 1.80. The lowest BCUT2D eigenvalue weighted by Gasteiger charge is -2.50. The summed E-state index contributed by atoms with van der Waals surface area (Å²) in [5.41, 5.74) is 0.623. The van der Waals surface area contributed by atoms with E-state index in [1.165, 1.54) is 4.90 Å². The van der Waals surface area contributed by atoms with Crippen LogP contribution in [-0.4, -0.2) is 48.1 Å². The highest BCUT2D eigenvalue weighted by Gasteiger charge is 2.59. The van der Waals surface area contributed by atoms with Crippen LogP contribution in [-0.2, 0) is 36.3 Å². The van der Waals surface area contributed by atoms with E-state index in [-0.39, 0.29) is 18.0 Å². The molecule has 2 amide bonds. The number of nitrogens with one attached hydrogen (secondary N) is 1. The van der Waals surface area contributed by atoms with E-state index < -0.39 is 43.9 Å². The van der Waals surface area contributed by atoms with Gasteiger partial charge in [-0.15, -0.1) is 0 Å². The fourth-order valence-electron chi connectivity index (χ4n) is 3.26. The molecule has 156 valence electrons. The third kappa shape index (κ3) is 4.30. The summed E-state index contributed by atoms with van der Waals surface area (Å²) in [6, 6.07) is 8.18. The Morgan fingerprint density at radius 1 is 1.24 bits per heavy atom. The molecule has 0 bridgehead atoms. The molecule has 1 aromatic carbocycles. The zero-order valence-electron chi connectivity index (χ0n) is 16.6. The molecule has 0 radical (unpaired) electrons. The number of β-lactam (4-membered cyclic amide) rings is 1. The summed E-state index contributed by atoms with van der Waals surface area (Å²) in [4.78, 5) is 39.1. The summed E-state index contributed by atoms with van der Waals surface area (Å²) < 4.78 is 17.7. The number of ether oxygens (including phenoxy) is 1. The maximum absolute atomic E-state index is 12.9. The number of halogens is 1. The van der Waals surface area contributed by atoms with Gasteiger partial charge in [0.05, 0.1) is 17.2 Å². The van der Waals surface area contributed by atoms with E-state index in [0.29, 0.717) is 5.57 Å². The molecule has 7 nitrogen and oxygen atoms in total. The first-order valence-electron chi connectivity index (χ1n) is 9.15. The average molecular weight is 483 g/mol. The lowest BCUT2D eigenvalue weighted by molar-refractivity contribution is -0.159. The maximum Gasteiger partial charge on any atom is 0.355 e. The van der Waals surface area contributed by atoms with Crippen LogP contribution in [0.1, 0.15) is 33.3 Å². The number of hydrogen-bond acceptors (Lipinski definition) is 5. The van der Waals surface area contributed by atoms with E-state index in [2.05, 4.69) is 21.2 Å². The van der Waals surface area contributed by atoms with Gasteiger partial charge in [0.25, 0.3) is 5.91 Å². The standard InChI is InChI=1S/C20H23BrN2O5S/c1-11-15(19(26)28-20(2,3)4)23-17(25)14(18(23)29(27)16(11)21)22-13(24)10-12-8-6-5-7-9-12/h5-9,14,16,18H,10H2,1-4H3,(H,22,24)/t14?,16?,18-,29?/m0/s1. The van der Waals surface area contributed by atoms with Crippen LogP contribution in [0.4, 0.5) is 0 Å². The Morgan fingerprint density at radius 2 is 1.86 bits per heavy atom. The van der Waals surface area contributed by atoms with Crippen molar-refractivity contribution >= 4 is 44.5 Å². The van der Waals surface area contributed by atoms with Crippen molar-refractivity contribution in [1.82, 2.24) is 10.2 Å². The van der Waals surface area contributed by atoms with Crippen LogP contribution in [0.5, 0.6) is 0 Å². The van der Waals surface area contributed by atoms with Gasteiger partial charge in [-0.2, -0.15) is 0 Å². The number of carbonyl (C=O) groups is 3. The quantitative estimate of drug-likeness (QED) is 0.402. The van der Waals surface area contributed by atoms with Crippen LogP contribution in [0.25, 0.3) is 0 Å². The predicted molar refractivity (Wildman–Crippen MR) is 112 cm³/mol. The van der Waals surface area contributed by atoms with Gasteiger partial charge in [0, 0.05) is 0 Å². The number of amides is 2. The van der Waals surface area contributed by atoms with Crippen LogP contribution in [0.3, 0.4) is 0 Å². The summed E-state index contributed by atoms with van der Waals surface area (Å²) in [5.74, 6) is -1.46. The van der Waals surface area contributed by atoms with Crippen LogP contribution in [0, 0.1) is 0 Å². The van der Waals surface area contributed by atoms with E-state index in [4.69, 9.17) is 4.74 Å². The lowest BCUT2D eigenvalue weighted by atomic mass is 10.0. The predicted octanol–water partition coefficient (Wildman–Crippen LogP) is 1.98. The molecule has 9 heteroatoms. The number of rotatable bonds is 4. The summed E-state index contributed by atoms with van der Waals surface area (Å²) in [7, 11) is -1.54. The van der Waals surface area contributed by atoms with E-state index >= 15 is 0 Å². The normalized spacial score (nSPS) is 26.5. The molecule has 0 saturated carbocycles. The highest BCUT2D eigenvalue weighted by atomic mass is 79.9. The Kier molecular flexibility index (Phi) is 6.01. The molecule has 1 aromatic rings. The van der Waals surface area contributed by atoms with Crippen molar-refractivity contribution in [2.45, 2.75) is 55.3 Å². The number of esters is 1. The number of carbonyl (C=O) groups excluding carboxylic acids is 3. The molecule has 0 aromatic heterocycles. The number of fused-ring (bicyclic) bond motifs is 1. The summed E-state index contributed by atoms with van der Waals surface area (Å²) in [6.45, 7) is 6.83. The van der Waals surface area contributed by atoms with Gasteiger partial charge in [-0.25, -0.2) is 4.79 Å². The molecule has 3 rings (SSSR count). The molecule has 1 N–H and O–H groups in total. The van der Waals surface area contributed by atoms with Crippen molar-refractivity contribution in [3.63, 3.8) is 0 Å². The number of hydrogen-bond donors (Lipinski definition) is 1. The molecule has 1 saturated heterocycles. The first kappa shape index (κ1) is 21.7. The van der Waals surface area contributed by atoms with Gasteiger partial charge in [0.2, 0.25) is 5.91 Å². The van der Waals surface area contributed by atoms with Gasteiger partial charge in [0.15, 0.2) is 0 Å².